The van der Waals surface area contributed by atoms with E-state index >= 15 is 0 Å². The van der Waals surface area contributed by atoms with E-state index in [1.54, 1.807) is 24.3 Å². The van der Waals surface area contributed by atoms with E-state index in [2.05, 4.69) is 11.2 Å². The number of unbranched alkanes of at least 4 members (excludes halogenated alkanes) is 2. The molecular formula is C16H20N2O2. The predicted octanol–water partition coefficient (Wildman–Crippen LogP) is 1.69. The standard InChI is InChI=1S/C16H20N2O2/c1-2-3-4-5-9-18-12-15(19)13-20-16-8-6-7-14(10-16)11-17/h1,6-8,10,15,18-19H,3-5,9,12-13H2. The molecule has 1 unspecified atom stereocenters. The van der Waals surface area contributed by atoms with E-state index in [0.717, 1.165) is 25.8 Å². The molecule has 20 heavy (non-hydrogen) atoms. The van der Waals surface area contributed by atoms with Crippen LogP contribution >= 0.6 is 0 Å². The first kappa shape index (κ1) is 16.0. The fraction of sp³-hybridized carbons (Fsp3) is 0.438. The summed E-state index contributed by atoms with van der Waals surface area (Å²) in [7, 11) is 0. The molecular weight excluding hydrogens is 252 g/mol. The molecule has 0 fully saturated rings. The average molecular weight is 272 g/mol. The van der Waals surface area contributed by atoms with Crippen LogP contribution < -0.4 is 10.1 Å². The number of nitriles is 1. The summed E-state index contributed by atoms with van der Waals surface area (Å²) < 4.78 is 5.44. The van der Waals surface area contributed by atoms with Crippen LogP contribution in [-0.4, -0.2) is 30.9 Å². The number of nitrogens with zero attached hydrogens (tertiary/aromatic N) is 1. The van der Waals surface area contributed by atoms with Crippen LogP contribution in [0.2, 0.25) is 0 Å². The lowest BCUT2D eigenvalue weighted by atomic mass is 10.2. The predicted molar refractivity (Wildman–Crippen MR) is 78.2 cm³/mol. The molecule has 1 aromatic carbocycles. The van der Waals surface area contributed by atoms with Gasteiger partial charge in [-0.3, -0.25) is 0 Å². The number of hydrogen-bond acceptors (Lipinski definition) is 4. The summed E-state index contributed by atoms with van der Waals surface area (Å²) in [5.74, 6) is 3.19. The molecule has 4 nitrogen and oxygen atoms in total. The van der Waals surface area contributed by atoms with Gasteiger partial charge in [0.25, 0.3) is 0 Å². The van der Waals surface area contributed by atoms with E-state index in [-0.39, 0.29) is 6.61 Å². The van der Waals surface area contributed by atoms with E-state index in [1.165, 1.54) is 0 Å². The molecule has 106 valence electrons. The lowest BCUT2D eigenvalue weighted by Gasteiger charge is -2.13. The van der Waals surface area contributed by atoms with Gasteiger partial charge >= 0.3 is 0 Å². The molecule has 0 saturated carbocycles. The Morgan fingerprint density at radius 2 is 2.25 bits per heavy atom. The lowest BCUT2D eigenvalue weighted by Crippen LogP contribution is -2.32. The molecule has 0 heterocycles. The number of rotatable bonds is 9. The molecule has 0 aliphatic heterocycles. The van der Waals surface area contributed by atoms with E-state index in [1.807, 2.05) is 6.07 Å². The van der Waals surface area contributed by atoms with Crippen molar-refractivity contribution in [2.75, 3.05) is 19.7 Å². The molecule has 0 bridgehead atoms. The fourth-order valence-electron chi connectivity index (χ4n) is 1.65. The first-order valence-electron chi connectivity index (χ1n) is 6.71. The third-order valence-electron chi connectivity index (χ3n) is 2.71. The van der Waals surface area contributed by atoms with Crippen molar-refractivity contribution in [1.29, 1.82) is 5.26 Å². The maximum absolute atomic E-state index is 9.75. The van der Waals surface area contributed by atoms with Crippen LogP contribution in [-0.2, 0) is 0 Å². The molecule has 2 N–H and O–H groups in total. The summed E-state index contributed by atoms with van der Waals surface area (Å²) in [6, 6.07) is 8.93. The molecule has 1 rings (SSSR count). The summed E-state index contributed by atoms with van der Waals surface area (Å²) in [5, 5.41) is 21.7. The van der Waals surface area contributed by atoms with Crippen molar-refractivity contribution >= 4 is 0 Å². The van der Waals surface area contributed by atoms with Crippen molar-refractivity contribution in [2.24, 2.45) is 0 Å². The molecule has 0 saturated heterocycles. The van der Waals surface area contributed by atoms with Gasteiger partial charge in [-0.25, -0.2) is 0 Å². The highest BCUT2D eigenvalue weighted by molar-refractivity contribution is 5.36. The molecule has 0 amide bonds. The highest BCUT2D eigenvalue weighted by atomic mass is 16.5. The van der Waals surface area contributed by atoms with Gasteiger partial charge < -0.3 is 15.2 Å². The zero-order valence-corrected chi connectivity index (χ0v) is 11.5. The zero-order valence-electron chi connectivity index (χ0n) is 11.5. The fourth-order valence-corrected chi connectivity index (χ4v) is 1.65. The second-order valence-electron chi connectivity index (χ2n) is 4.47. The maximum atomic E-state index is 9.75. The van der Waals surface area contributed by atoms with Crippen LogP contribution in [0.15, 0.2) is 24.3 Å². The highest BCUT2D eigenvalue weighted by Gasteiger charge is 2.05. The van der Waals surface area contributed by atoms with Gasteiger partial charge in [0.15, 0.2) is 0 Å². The lowest BCUT2D eigenvalue weighted by molar-refractivity contribution is 0.106. The van der Waals surface area contributed by atoms with Gasteiger partial charge in [0, 0.05) is 13.0 Å². The molecule has 4 heteroatoms. The second-order valence-corrected chi connectivity index (χ2v) is 4.47. The summed E-state index contributed by atoms with van der Waals surface area (Å²) in [6.45, 7) is 1.52. The van der Waals surface area contributed by atoms with Crippen LogP contribution in [0.3, 0.4) is 0 Å². The number of benzene rings is 1. The number of nitrogens with one attached hydrogen (secondary N) is 1. The zero-order chi connectivity index (χ0) is 14.6. The first-order valence-corrected chi connectivity index (χ1v) is 6.71. The number of ether oxygens (including phenoxy) is 1. The number of aliphatic hydroxyl groups excluding tert-OH is 1. The Morgan fingerprint density at radius 3 is 3.00 bits per heavy atom. The summed E-state index contributed by atoms with van der Waals surface area (Å²) in [5.41, 5.74) is 0.545. The summed E-state index contributed by atoms with van der Waals surface area (Å²) in [4.78, 5) is 0. The SMILES string of the molecule is C#CCCCCNCC(O)COc1cccc(C#N)c1. The van der Waals surface area contributed by atoms with Crippen molar-refractivity contribution < 1.29 is 9.84 Å². The van der Waals surface area contributed by atoms with E-state index in [9.17, 15) is 5.11 Å². The van der Waals surface area contributed by atoms with E-state index < -0.39 is 6.10 Å². The van der Waals surface area contributed by atoms with Gasteiger partial charge in [-0.2, -0.15) is 5.26 Å². The quantitative estimate of drug-likeness (QED) is 0.530. The Labute approximate surface area is 120 Å². The summed E-state index contributed by atoms with van der Waals surface area (Å²) in [6.07, 6.45) is 7.38. The Hall–Kier alpha value is -2.01. The minimum absolute atomic E-state index is 0.201. The molecule has 1 atom stereocenters. The molecule has 1 aromatic rings. The Bertz CT molecular complexity index is 474. The smallest absolute Gasteiger partial charge is 0.120 e. The highest BCUT2D eigenvalue weighted by Crippen LogP contribution is 2.12. The molecule has 0 aromatic heterocycles. The van der Waals surface area contributed by atoms with Crippen LogP contribution in [0.1, 0.15) is 24.8 Å². The molecule has 0 radical (unpaired) electrons. The van der Waals surface area contributed by atoms with Crippen LogP contribution in [0.5, 0.6) is 5.75 Å². The second kappa shape index (κ2) is 9.86. The average Bonchev–Trinajstić information content (AvgIpc) is 2.49. The Kier molecular flexibility index (Phi) is 7.91. The first-order chi connectivity index (χ1) is 9.76. The van der Waals surface area contributed by atoms with Crippen LogP contribution in [0.4, 0.5) is 0 Å². The van der Waals surface area contributed by atoms with Gasteiger partial charge in [-0.1, -0.05) is 6.07 Å². The number of terminal acetylenes is 1. The van der Waals surface area contributed by atoms with Crippen molar-refractivity contribution in [2.45, 2.75) is 25.4 Å². The molecule has 0 aliphatic rings. The van der Waals surface area contributed by atoms with Crippen molar-refractivity contribution in [3.8, 4) is 24.2 Å². The van der Waals surface area contributed by atoms with Crippen molar-refractivity contribution in [1.82, 2.24) is 5.32 Å². The van der Waals surface area contributed by atoms with Gasteiger partial charge in [0.1, 0.15) is 18.5 Å². The molecule has 0 spiro atoms. The largest absolute Gasteiger partial charge is 0.491 e. The van der Waals surface area contributed by atoms with Crippen LogP contribution in [0.25, 0.3) is 0 Å². The normalized spacial score (nSPS) is 11.3. The number of aliphatic hydroxyl groups is 1. The van der Waals surface area contributed by atoms with Crippen LogP contribution in [0, 0.1) is 23.7 Å². The van der Waals surface area contributed by atoms with Crippen molar-refractivity contribution in [3.63, 3.8) is 0 Å². The number of hydrogen-bond donors (Lipinski definition) is 2. The molecule has 0 aliphatic carbocycles. The Balaban J connectivity index is 2.15. The van der Waals surface area contributed by atoms with Gasteiger partial charge in [-0.15, -0.1) is 12.3 Å². The van der Waals surface area contributed by atoms with E-state index in [4.69, 9.17) is 16.4 Å². The maximum Gasteiger partial charge on any atom is 0.120 e. The van der Waals surface area contributed by atoms with Gasteiger partial charge in [-0.05, 0) is 37.6 Å². The third-order valence-corrected chi connectivity index (χ3v) is 2.71. The van der Waals surface area contributed by atoms with Crippen molar-refractivity contribution in [3.05, 3.63) is 29.8 Å². The minimum Gasteiger partial charge on any atom is -0.491 e. The Morgan fingerprint density at radius 1 is 1.40 bits per heavy atom. The monoisotopic (exact) mass is 272 g/mol. The van der Waals surface area contributed by atoms with Gasteiger partial charge in [0.2, 0.25) is 0 Å². The van der Waals surface area contributed by atoms with Gasteiger partial charge in [0.05, 0.1) is 11.6 Å². The summed E-state index contributed by atoms with van der Waals surface area (Å²) >= 11 is 0. The third kappa shape index (κ3) is 6.80. The topological polar surface area (TPSA) is 65.3 Å². The minimum atomic E-state index is -0.576. The van der Waals surface area contributed by atoms with E-state index in [0.29, 0.717) is 17.9 Å².